The number of oxazole rings is 1. The van der Waals surface area contributed by atoms with Crippen molar-refractivity contribution in [2.75, 3.05) is 6.61 Å². The van der Waals surface area contributed by atoms with Gasteiger partial charge in [-0.05, 0) is 12.1 Å². The highest BCUT2D eigenvalue weighted by Gasteiger charge is 2.09. The Morgan fingerprint density at radius 3 is 3.00 bits per heavy atom. The number of aromatic nitrogens is 1. The number of fused-ring (bicyclic) bond motifs is 1. The lowest BCUT2D eigenvalue weighted by Crippen LogP contribution is -1.92. The molecule has 0 aliphatic rings. The molecule has 0 aliphatic carbocycles. The van der Waals surface area contributed by atoms with Crippen LogP contribution in [0.3, 0.4) is 0 Å². The molecule has 1 aromatic carbocycles. The van der Waals surface area contributed by atoms with E-state index >= 15 is 0 Å². The SMILES string of the molecule is CC(C)c1nc2cc(OCC#N)ccc2o1. The third-order valence-corrected chi connectivity index (χ3v) is 2.17. The first-order valence-corrected chi connectivity index (χ1v) is 5.11. The van der Waals surface area contributed by atoms with Crippen LogP contribution in [0.2, 0.25) is 0 Å². The molecule has 4 heteroatoms. The van der Waals surface area contributed by atoms with Crippen LogP contribution in [0.25, 0.3) is 11.1 Å². The minimum absolute atomic E-state index is 0.0421. The van der Waals surface area contributed by atoms with Crippen LogP contribution in [0.4, 0.5) is 0 Å². The van der Waals surface area contributed by atoms with Gasteiger partial charge in [-0.2, -0.15) is 5.26 Å². The fourth-order valence-corrected chi connectivity index (χ4v) is 1.38. The molecule has 16 heavy (non-hydrogen) atoms. The normalized spacial score (nSPS) is 10.6. The second-order valence-corrected chi connectivity index (χ2v) is 3.78. The van der Waals surface area contributed by atoms with Gasteiger partial charge in [-0.3, -0.25) is 0 Å². The second-order valence-electron chi connectivity index (χ2n) is 3.78. The van der Waals surface area contributed by atoms with Gasteiger partial charge in [-0.1, -0.05) is 13.8 Å². The fourth-order valence-electron chi connectivity index (χ4n) is 1.38. The van der Waals surface area contributed by atoms with Crippen molar-refractivity contribution in [2.45, 2.75) is 19.8 Å². The molecule has 0 fully saturated rings. The van der Waals surface area contributed by atoms with Crippen LogP contribution < -0.4 is 4.74 Å². The summed E-state index contributed by atoms with van der Waals surface area (Å²) in [5.74, 6) is 1.61. The maximum Gasteiger partial charge on any atom is 0.198 e. The average molecular weight is 216 g/mol. The summed E-state index contributed by atoms with van der Waals surface area (Å²) in [5, 5.41) is 8.41. The third kappa shape index (κ3) is 1.98. The predicted octanol–water partition coefficient (Wildman–Crippen LogP) is 2.85. The van der Waals surface area contributed by atoms with Crippen molar-refractivity contribution in [3.8, 4) is 11.8 Å². The first kappa shape index (κ1) is 10.5. The van der Waals surface area contributed by atoms with Crippen LogP contribution in [0.15, 0.2) is 22.6 Å². The van der Waals surface area contributed by atoms with E-state index < -0.39 is 0 Å². The van der Waals surface area contributed by atoms with Crippen LogP contribution in [-0.2, 0) is 0 Å². The van der Waals surface area contributed by atoms with E-state index in [-0.39, 0.29) is 12.5 Å². The maximum atomic E-state index is 8.41. The van der Waals surface area contributed by atoms with Gasteiger partial charge in [0.25, 0.3) is 0 Å². The number of hydrogen-bond donors (Lipinski definition) is 0. The fraction of sp³-hybridized carbons (Fsp3) is 0.333. The molecule has 0 spiro atoms. The van der Waals surface area contributed by atoms with E-state index in [4.69, 9.17) is 14.4 Å². The van der Waals surface area contributed by atoms with Crippen molar-refractivity contribution in [3.63, 3.8) is 0 Å². The summed E-state index contributed by atoms with van der Waals surface area (Å²) in [6, 6.07) is 7.28. The summed E-state index contributed by atoms with van der Waals surface area (Å²) in [4.78, 5) is 4.35. The highest BCUT2D eigenvalue weighted by molar-refractivity contribution is 5.74. The summed E-state index contributed by atoms with van der Waals surface area (Å²) < 4.78 is 10.7. The number of nitrogens with zero attached hydrogens (tertiary/aromatic N) is 2. The molecule has 4 nitrogen and oxygen atoms in total. The summed E-state index contributed by atoms with van der Waals surface area (Å²) >= 11 is 0. The van der Waals surface area contributed by atoms with Crippen LogP contribution in [-0.4, -0.2) is 11.6 Å². The highest BCUT2D eigenvalue weighted by atomic mass is 16.5. The Balaban J connectivity index is 2.35. The van der Waals surface area contributed by atoms with Gasteiger partial charge >= 0.3 is 0 Å². The standard InChI is InChI=1S/C12H12N2O2/c1-8(2)12-14-10-7-9(15-6-5-13)3-4-11(10)16-12/h3-4,7-8H,6H2,1-2H3. The van der Waals surface area contributed by atoms with Gasteiger partial charge in [-0.15, -0.1) is 0 Å². The summed E-state index contributed by atoms with van der Waals surface area (Å²) in [7, 11) is 0. The molecule has 82 valence electrons. The number of nitriles is 1. The van der Waals surface area contributed by atoms with Crippen LogP contribution >= 0.6 is 0 Å². The summed E-state index contributed by atoms with van der Waals surface area (Å²) in [6.07, 6.45) is 0. The van der Waals surface area contributed by atoms with E-state index in [9.17, 15) is 0 Å². The molecule has 0 N–H and O–H groups in total. The number of benzene rings is 1. The van der Waals surface area contributed by atoms with E-state index in [0.717, 1.165) is 11.1 Å². The average Bonchev–Trinajstić information content (AvgIpc) is 2.69. The summed E-state index contributed by atoms with van der Waals surface area (Å²) in [5.41, 5.74) is 1.51. The molecule has 2 aromatic rings. The van der Waals surface area contributed by atoms with Crippen molar-refractivity contribution in [3.05, 3.63) is 24.1 Å². The number of rotatable bonds is 3. The van der Waals surface area contributed by atoms with Crippen molar-refractivity contribution in [1.29, 1.82) is 5.26 Å². The molecule has 0 atom stereocenters. The Bertz CT molecular complexity index is 537. The van der Waals surface area contributed by atoms with Crippen LogP contribution in [0, 0.1) is 11.3 Å². The van der Waals surface area contributed by atoms with E-state index in [1.165, 1.54) is 0 Å². The summed E-state index contributed by atoms with van der Waals surface area (Å²) in [6.45, 7) is 4.09. The molecule has 0 saturated carbocycles. The highest BCUT2D eigenvalue weighted by Crippen LogP contribution is 2.24. The second kappa shape index (κ2) is 4.23. The smallest absolute Gasteiger partial charge is 0.198 e. The Morgan fingerprint density at radius 2 is 2.31 bits per heavy atom. The first-order valence-electron chi connectivity index (χ1n) is 5.11. The molecule has 0 bridgehead atoms. The van der Waals surface area contributed by atoms with Gasteiger partial charge in [0.15, 0.2) is 18.1 Å². The van der Waals surface area contributed by atoms with Gasteiger partial charge in [0, 0.05) is 12.0 Å². The molecule has 2 rings (SSSR count). The lowest BCUT2D eigenvalue weighted by atomic mass is 10.2. The molecule has 1 aromatic heterocycles. The first-order chi connectivity index (χ1) is 7.70. The molecular weight excluding hydrogens is 204 g/mol. The monoisotopic (exact) mass is 216 g/mol. The van der Waals surface area contributed by atoms with Gasteiger partial charge in [0.2, 0.25) is 0 Å². The molecule has 0 radical (unpaired) electrons. The molecule has 1 heterocycles. The molecule has 0 aliphatic heterocycles. The van der Waals surface area contributed by atoms with E-state index in [0.29, 0.717) is 11.6 Å². The van der Waals surface area contributed by atoms with Crippen LogP contribution in [0.1, 0.15) is 25.7 Å². The molecule has 0 saturated heterocycles. The molecule has 0 amide bonds. The molecule has 0 unspecified atom stereocenters. The largest absolute Gasteiger partial charge is 0.479 e. The predicted molar refractivity (Wildman–Crippen MR) is 59.2 cm³/mol. The van der Waals surface area contributed by atoms with Gasteiger partial charge in [0.05, 0.1) is 0 Å². The Labute approximate surface area is 93.5 Å². The van der Waals surface area contributed by atoms with E-state index in [2.05, 4.69) is 4.98 Å². The Kier molecular flexibility index (Phi) is 2.78. The Hall–Kier alpha value is -2.02. The Morgan fingerprint density at radius 1 is 1.50 bits per heavy atom. The van der Waals surface area contributed by atoms with Gasteiger partial charge < -0.3 is 9.15 Å². The van der Waals surface area contributed by atoms with Gasteiger partial charge in [0.1, 0.15) is 17.3 Å². The zero-order valence-corrected chi connectivity index (χ0v) is 9.23. The van der Waals surface area contributed by atoms with E-state index in [1.807, 2.05) is 19.9 Å². The third-order valence-electron chi connectivity index (χ3n) is 2.17. The van der Waals surface area contributed by atoms with Crippen molar-refractivity contribution in [2.24, 2.45) is 0 Å². The van der Waals surface area contributed by atoms with Crippen molar-refractivity contribution < 1.29 is 9.15 Å². The van der Waals surface area contributed by atoms with Crippen molar-refractivity contribution in [1.82, 2.24) is 4.98 Å². The topological polar surface area (TPSA) is 59.0 Å². The lowest BCUT2D eigenvalue weighted by Gasteiger charge is -1.98. The van der Waals surface area contributed by atoms with Gasteiger partial charge in [-0.25, -0.2) is 4.98 Å². The number of hydrogen-bond acceptors (Lipinski definition) is 4. The quantitative estimate of drug-likeness (QED) is 0.791. The zero-order valence-electron chi connectivity index (χ0n) is 9.23. The number of ether oxygens (including phenoxy) is 1. The van der Waals surface area contributed by atoms with Crippen molar-refractivity contribution >= 4 is 11.1 Å². The maximum absolute atomic E-state index is 8.41. The van der Waals surface area contributed by atoms with E-state index in [1.54, 1.807) is 18.2 Å². The lowest BCUT2D eigenvalue weighted by molar-refractivity contribution is 0.368. The minimum atomic E-state index is 0.0421. The van der Waals surface area contributed by atoms with Crippen LogP contribution in [0.5, 0.6) is 5.75 Å². The zero-order chi connectivity index (χ0) is 11.5. The molecular formula is C12H12N2O2. The minimum Gasteiger partial charge on any atom is -0.479 e.